The van der Waals surface area contributed by atoms with E-state index in [1.165, 1.54) is 12.4 Å². The van der Waals surface area contributed by atoms with Gasteiger partial charge in [-0.15, -0.1) is 0 Å². The number of hydrogen-bond donors (Lipinski definition) is 2. The van der Waals surface area contributed by atoms with Crippen molar-refractivity contribution in [2.45, 2.75) is 0 Å². The Morgan fingerprint density at radius 2 is 2.11 bits per heavy atom. The summed E-state index contributed by atoms with van der Waals surface area (Å²) in [6, 6.07) is 1.02. The Hall–Kier alpha value is -2.29. The number of nitrogens with zero attached hydrogens (tertiary/aromatic N) is 3. The monoisotopic (exact) mass is 312 g/mol. The maximum atomic E-state index is 11.6. The summed E-state index contributed by atoms with van der Waals surface area (Å²) >= 11 is 3.10. The molecule has 18 heavy (non-hydrogen) atoms. The van der Waals surface area contributed by atoms with E-state index in [0.29, 0.717) is 4.60 Å². The number of aromatic nitrogens is 3. The minimum absolute atomic E-state index is 0.155. The third-order valence-corrected chi connectivity index (χ3v) is 2.23. The van der Waals surface area contributed by atoms with E-state index in [1.54, 1.807) is 0 Å². The molecule has 92 valence electrons. The normalized spacial score (nSPS) is 10.1. The lowest BCUT2D eigenvalue weighted by atomic mass is 10.3. The Labute approximate surface area is 108 Å². The Morgan fingerprint density at radius 1 is 1.33 bits per heavy atom. The van der Waals surface area contributed by atoms with Gasteiger partial charge in [0.25, 0.3) is 5.91 Å². The van der Waals surface area contributed by atoms with E-state index < -0.39 is 17.6 Å². The average molecular weight is 313 g/mol. The van der Waals surface area contributed by atoms with Crippen molar-refractivity contribution >= 4 is 33.6 Å². The standard InChI is InChI=1S/C9H5BrN4O4/c10-6-2-12-7(3-11-6)13-8(15)4-1-5(9(16)17)18-14-4/h1-3H,(H,16,17)(H,12,13,15). The summed E-state index contributed by atoms with van der Waals surface area (Å²) in [4.78, 5) is 29.9. The van der Waals surface area contributed by atoms with Crippen molar-refractivity contribution in [3.8, 4) is 0 Å². The van der Waals surface area contributed by atoms with E-state index in [4.69, 9.17) is 5.11 Å². The predicted octanol–water partition coefficient (Wildman–Crippen LogP) is 1.18. The van der Waals surface area contributed by atoms with Crippen LogP contribution in [0.2, 0.25) is 0 Å². The summed E-state index contributed by atoms with van der Waals surface area (Å²) in [6.07, 6.45) is 2.74. The molecule has 1 amide bonds. The van der Waals surface area contributed by atoms with E-state index in [9.17, 15) is 9.59 Å². The van der Waals surface area contributed by atoms with Gasteiger partial charge in [-0.25, -0.2) is 14.8 Å². The van der Waals surface area contributed by atoms with Crippen LogP contribution in [0.5, 0.6) is 0 Å². The average Bonchev–Trinajstić information content (AvgIpc) is 2.81. The van der Waals surface area contributed by atoms with Crippen molar-refractivity contribution in [3.05, 3.63) is 34.5 Å². The van der Waals surface area contributed by atoms with Gasteiger partial charge in [0, 0.05) is 6.07 Å². The number of carbonyl (C=O) groups excluding carboxylic acids is 1. The lowest BCUT2D eigenvalue weighted by molar-refractivity contribution is 0.0651. The van der Waals surface area contributed by atoms with Gasteiger partial charge in [-0.1, -0.05) is 5.16 Å². The van der Waals surface area contributed by atoms with Gasteiger partial charge in [0.15, 0.2) is 11.5 Å². The van der Waals surface area contributed by atoms with Gasteiger partial charge in [0.05, 0.1) is 12.4 Å². The minimum atomic E-state index is -1.30. The number of halogens is 1. The summed E-state index contributed by atoms with van der Waals surface area (Å²) in [5, 5.41) is 14.3. The number of carbonyl (C=O) groups is 2. The maximum Gasteiger partial charge on any atom is 0.374 e. The second kappa shape index (κ2) is 4.92. The highest BCUT2D eigenvalue weighted by molar-refractivity contribution is 9.10. The molecule has 0 saturated carbocycles. The largest absolute Gasteiger partial charge is 0.475 e. The summed E-state index contributed by atoms with van der Waals surface area (Å²) < 4.78 is 4.97. The number of carboxylic acids is 1. The number of nitrogens with one attached hydrogen (secondary N) is 1. The van der Waals surface area contributed by atoms with Crippen LogP contribution in [0.3, 0.4) is 0 Å². The van der Waals surface area contributed by atoms with Crippen LogP contribution < -0.4 is 5.32 Å². The van der Waals surface area contributed by atoms with E-state index in [0.717, 1.165) is 6.07 Å². The van der Waals surface area contributed by atoms with Crippen molar-refractivity contribution in [2.24, 2.45) is 0 Å². The zero-order valence-corrected chi connectivity index (χ0v) is 10.2. The molecule has 0 saturated heterocycles. The van der Waals surface area contributed by atoms with Crippen LogP contribution in [-0.4, -0.2) is 32.1 Å². The van der Waals surface area contributed by atoms with Gasteiger partial charge < -0.3 is 14.9 Å². The fourth-order valence-corrected chi connectivity index (χ4v) is 1.24. The smallest absolute Gasteiger partial charge is 0.374 e. The van der Waals surface area contributed by atoms with Gasteiger partial charge in [-0.2, -0.15) is 0 Å². The third kappa shape index (κ3) is 2.69. The second-order valence-electron chi connectivity index (χ2n) is 3.06. The van der Waals surface area contributed by atoms with E-state index in [1.807, 2.05) is 0 Å². The number of aromatic carboxylic acids is 1. The van der Waals surface area contributed by atoms with Crippen LogP contribution in [0, 0.1) is 0 Å². The molecule has 0 spiro atoms. The molecule has 0 radical (unpaired) electrons. The first-order valence-electron chi connectivity index (χ1n) is 4.55. The van der Waals surface area contributed by atoms with Crippen LogP contribution in [0.4, 0.5) is 5.82 Å². The third-order valence-electron chi connectivity index (χ3n) is 1.82. The van der Waals surface area contributed by atoms with E-state index in [-0.39, 0.29) is 11.5 Å². The molecule has 0 fully saturated rings. The van der Waals surface area contributed by atoms with Crippen LogP contribution in [0.1, 0.15) is 21.0 Å². The van der Waals surface area contributed by atoms with Crippen molar-refractivity contribution in [1.82, 2.24) is 15.1 Å². The molecule has 9 heteroatoms. The number of hydrogen-bond acceptors (Lipinski definition) is 6. The Morgan fingerprint density at radius 3 is 2.67 bits per heavy atom. The van der Waals surface area contributed by atoms with Crippen molar-refractivity contribution in [3.63, 3.8) is 0 Å². The lowest BCUT2D eigenvalue weighted by Gasteiger charge is -2.00. The summed E-state index contributed by atoms with van der Waals surface area (Å²) in [7, 11) is 0. The molecule has 2 aromatic rings. The fourth-order valence-electron chi connectivity index (χ4n) is 1.04. The number of anilines is 1. The molecule has 2 rings (SSSR count). The van der Waals surface area contributed by atoms with Crippen molar-refractivity contribution in [1.29, 1.82) is 0 Å². The molecule has 0 atom stereocenters. The van der Waals surface area contributed by atoms with Crippen LogP contribution in [-0.2, 0) is 0 Å². The lowest BCUT2D eigenvalue weighted by Crippen LogP contribution is -2.13. The van der Waals surface area contributed by atoms with Crippen LogP contribution in [0.15, 0.2) is 27.6 Å². The topological polar surface area (TPSA) is 118 Å². The molecule has 0 bridgehead atoms. The summed E-state index contributed by atoms with van der Waals surface area (Å²) in [6.45, 7) is 0. The van der Waals surface area contributed by atoms with Crippen molar-refractivity contribution in [2.75, 3.05) is 5.32 Å². The first-order chi connectivity index (χ1) is 8.56. The highest BCUT2D eigenvalue weighted by atomic mass is 79.9. The minimum Gasteiger partial charge on any atom is -0.475 e. The van der Waals surface area contributed by atoms with Crippen LogP contribution in [0.25, 0.3) is 0 Å². The number of rotatable bonds is 3. The predicted molar refractivity (Wildman–Crippen MR) is 61.1 cm³/mol. The fraction of sp³-hybridized carbons (Fsp3) is 0. The molecular weight excluding hydrogens is 308 g/mol. The van der Waals surface area contributed by atoms with Crippen molar-refractivity contribution < 1.29 is 19.2 Å². The Kier molecular flexibility index (Phi) is 3.33. The Bertz CT molecular complexity index is 595. The molecule has 0 aliphatic carbocycles. The molecule has 0 aromatic carbocycles. The first-order valence-corrected chi connectivity index (χ1v) is 5.34. The molecule has 8 nitrogen and oxygen atoms in total. The van der Waals surface area contributed by atoms with Gasteiger partial charge in [0.2, 0.25) is 5.76 Å². The highest BCUT2D eigenvalue weighted by Gasteiger charge is 2.16. The van der Waals surface area contributed by atoms with Gasteiger partial charge in [0.1, 0.15) is 4.60 Å². The molecule has 2 heterocycles. The number of carboxylic acid groups (broad SMARTS) is 1. The molecule has 0 aliphatic rings. The quantitative estimate of drug-likeness (QED) is 0.873. The summed E-state index contributed by atoms with van der Waals surface area (Å²) in [5.74, 6) is -2.14. The number of amides is 1. The second-order valence-corrected chi connectivity index (χ2v) is 3.87. The maximum absolute atomic E-state index is 11.6. The van der Waals surface area contributed by atoms with E-state index >= 15 is 0 Å². The zero-order chi connectivity index (χ0) is 13.1. The van der Waals surface area contributed by atoms with Gasteiger partial charge in [-0.05, 0) is 15.9 Å². The zero-order valence-electron chi connectivity index (χ0n) is 8.62. The molecule has 0 unspecified atom stereocenters. The molecule has 0 aliphatic heterocycles. The molecular formula is C9H5BrN4O4. The summed E-state index contributed by atoms with van der Waals surface area (Å²) in [5.41, 5.74) is -0.155. The molecule has 2 aromatic heterocycles. The van der Waals surface area contributed by atoms with Gasteiger partial charge in [-0.3, -0.25) is 4.79 Å². The highest BCUT2D eigenvalue weighted by Crippen LogP contribution is 2.09. The SMILES string of the molecule is O=C(Nc1cnc(Br)cn1)c1cc(C(=O)O)on1. The van der Waals surface area contributed by atoms with Crippen LogP contribution >= 0.6 is 15.9 Å². The first kappa shape index (κ1) is 12.2. The van der Waals surface area contributed by atoms with Gasteiger partial charge >= 0.3 is 5.97 Å². The van der Waals surface area contributed by atoms with E-state index in [2.05, 4.69) is 40.9 Å². The Balaban J connectivity index is 2.11. The molecule has 2 N–H and O–H groups in total.